The van der Waals surface area contributed by atoms with Crippen LogP contribution < -0.4 is 5.32 Å². The molecular formula is C19H29NO. The van der Waals surface area contributed by atoms with E-state index in [1.54, 1.807) is 0 Å². The van der Waals surface area contributed by atoms with Crippen molar-refractivity contribution in [1.82, 2.24) is 5.32 Å². The van der Waals surface area contributed by atoms with E-state index in [0.29, 0.717) is 6.10 Å². The highest BCUT2D eigenvalue weighted by molar-refractivity contribution is 5.26. The molecule has 1 aromatic carbocycles. The summed E-state index contributed by atoms with van der Waals surface area (Å²) in [5, 5.41) is 3.61. The Hall–Kier alpha value is -0.860. The van der Waals surface area contributed by atoms with E-state index >= 15 is 0 Å². The Labute approximate surface area is 129 Å². The van der Waals surface area contributed by atoms with Crippen LogP contribution in [-0.2, 0) is 17.9 Å². The normalized spacial score (nSPS) is 29.5. The summed E-state index contributed by atoms with van der Waals surface area (Å²) in [7, 11) is 0. The molecule has 3 unspecified atom stereocenters. The van der Waals surface area contributed by atoms with Crippen molar-refractivity contribution in [2.24, 2.45) is 11.8 Å². The summed E-state index contributed by atoms with van der Waals surface area (Å²) in [6.45, 7) is 6.50. The summed E-state index contributed by atoms with van der Waals surface area (Å²) in [5.74, 6) is 1.66. The van der Waals surface area contributed by atoms with Gasteiger partial charge in [0.2, 0.25) is 0 Å². The van der Waals surface area contributed by atoms with Crippen molar-refractivity contribution in [1.29, 1.82) is 0 Å². The fourth-order valence-electron chi connectivity index (χ4n) is 3.27. The maximum Gasteiger partial charge on any atom is 0.0723 e. The molecule has 2 fully saturated rings. The van der Waals surface area contributed by atoms with E-state index < -0.39 is 0 Å². The van der Waals surface area contributed by atoms with Gasteiger partial charge >= 0.3 is 0 Å². The zero-order valence-electron chi connectivity index (χ0n) is 13.5. The molecule has 0 amide bonds. The van der Waals surface area contributed by atoms with Gasteiger partial charge in [-0.25, -0.2) is 0 Å². The maximum atomic E-state index is 6.22. The van der Waals surface area contributed by atoms with Crippen LogP contribution in [0.25, 0.3) is 0 Å². The average Bonchev–Trinajstić information content (AvgIpc) is 3.31. The lowest BCUT2D eigenvalue weighted by Gasteiger charge is -2.32. The smallest absolute Gasteiger partial charge is 0.0723 e. The lowest BCUT2D eigenvalue weighted by Crippen LogP contribution is -2.26. The summed E-state index contributed by atoms with van der Waals surface area (Å²) in [4.78, 5) is 0. The number of nitrogens with one attached hydrogen (secondary N) is 1. The van der Waals surface area contributed by atoms with Crippen LogP contribution in [-0.4, -0.2) is 12.1 Å². The Morgan fingerprint density at radius 1 is 1.00 bits per heavy atom. The topological polar surface area (TPSA) is 21.3 Å². The van der Waals surface area contributed by atoms with Crippen LogP contribution in [0.1, 0.15) is 57.1 Å². The molecule has 3 rings (SSSR count). The lowest BCUT2D eigenvalue weighted by molar-refractivity contribution is -0.00773. The van der Waals surface area contributed by atoms with Gasteiger partial charge in [0.15, 0.2) is 0 Å². The number of hydrogen-bond acceptors (Lipinski definition) is 2. The van der Waals surface area contributed by atoms with Crippen LogP contribution >= 0.6 is 0 Å². The van der Waals surface area contributed by atoms with Crippen LogP contribution in [0.2, 0.25) is 0 Å². The Balaban J connectivity index is 1.52. The van der Waals surface area contributed by atoms with Gasteiger partial charge in [-0.3, -0.25) is 0 Å². The minimum absolute atomic E-state index is 0.459. The SMILES string of the molecule is CC1CCC(OCc2ccccc2CNC2CC2)CC1C. The van der Waals surface area contributed by atoms with Gasteiger partial charge in [0, 0.05) is 12.6 Å². The van der Waals surface area contributed by atoms with E-state index in [-0.39, 0.29) is 0 Å². The highest BCUT2D eigenvalue weighted by Crippen LogP contribution is 2.31. The Bertz CT molecular complexity index is 455. The highest BCUT2D eigenvalue weighted by Gasteiger charge is 2.25. The molecule has 0 aliphatic heterocycles. The summed E-state index contributed by atoms with van der Waals surface area (Å²) in [6, 6.07) is 9.49. The molecule has 1 aromatic rings. The highest BCUT2D eigenvalue weighted by atomic mass is 16.5. The molecule has 2 aliphatic rings. The molecule has 2 aliphatic carbocycles. The van der Waals surface area contributed by atoms with Gasteiger partial charge in [-0.05, 0) is 55.1 Å². The van der Waals surface area contributed by atoms with Gasteiger partial charge in [-0.15, -0.1) is 0 Å². The molecule has 3 atom stereocenters. The largest absolute Gasteiger partial charge is 0.374 e. The van der Waals surface area contributed by atoms with E-state index in [4.69, 9.17) is 4.74 Å². The van der Waals surface area contributed by atoms with Crippen molar-refractivity contribution in [2.45, 2.75) is 71.2 Å². The molecular weight excluding hydrogens is 258 g/mol. The summed E-state index contributed by atoms with van der Waals surface area (Å²) in [5.41, 5.74) is 2.76. The minimum atomic E-state index is 0.459. The molecule has 2 saturated carbocycles. The molecule has 0 radical (unpaired) electrons. The summed E-state index contributed by atoms with van der Waals surface area (Å²) >= 11 is 0. The molecule has 0 saturated heterocycles. The van der Waals surface area contributed by atoms with Crippen LogP contribution in [0.3, 0.4) is 0 Å². The van der Waals surface area contributed by atoms with Gasteiger partial charge in [0.05, 0.1) is 12.7 Å². The van der Waals surface area contributed by atoms with Gasteiger partial charge in [0.1, 0.15) is 0 Å². The molecule has 21 heavy (non-hydrogen) atoms. The standard InChI is InChI=1S/C19H29NO/c1-14-7-10-19(11-15(14)2)21-13-17-6-4-3-5-16(17)12-20-18-8-9-18/h3-6,14-15,18-20H,7-13H2,1-2H3. The van der Waals surface area contributed by atoms with Crippen LogP contribution in [0, 0.1) is 11.8 Å². The maximum absolute atomic E-state index is 6.22. The molecule has 1 N–H and O–H groups in total. The first-order valence-corrected chi connectivity index (χ1v) is 8.64. The average molecular weight is 287 g/mol. The van der Waals surface area contributed by atoms with Crippen molar-refractivity contribution >= 4 is 0 Å². The van der Waals surface area contributed by atoms with E-state index in [0.717, 1.165) is 31.0 Å². The third kappa shape index (κ3) is 4.31. The van der Waals surface area contributed by atoms with E-state index in [1.807, 2.05) is 0 Å². The third-order valence-electron chi connectivity index (χ3n) is 5.30. The Kier molecular flexibility index (Phi) is 4.97. The number of rotatable bonds is 6. The molecule has 0 heterocycles. The van der Waals surface area contributed by atoms with Gasteiger partial charge in [-0.2, -0.15) is 0 Å². The van der Waals surface area contributed by atoms with Crippen molar-refractivity contribution in [2.75, 3.05) is 0 Å². The van der Waals surface area contributed by atoms with Gasteiger partial charge in [0.25, 0.3) is 0 Å². The number of ether oxygens (including phenoxy) is 1. The first kappa shape index (κ1) is 15.1. The molecule has 0 spiro atoms. The number of hydrogen-bond donors (Lipinski definition) is 1. The van der Waals surface area contributed by atoms with E-state index in [1.165, 1.54) is 43.2 Å². The first-order valence-electron chi connectivity index (χ1n) is 8.64. The Morgan fingerprint density at radius 3 is 2.48 bits per heavy atom. The third-order valence-corrected chi connectivity index (χ3v) is 5.30. The predicted molar refractivity (Wildman–Crippen MR) is 87.1 cm³/mol. The first-order chi connectivity index (χ1) is 10.2. The van der Waals surface area contributed by atoms with E-state index in [9.17, 15) is 0 Å². The van der Waals surface area contributed by atoms with Gasteiger partial charge < -0.3 is 10.1 Å². The van der Waals surface area contributed by atoms with Crippen molar-refractivity contribution in [3.05, 3.63) is 35.4 Å². The molecule has 0 aromatic heterocycles. The second-order valence-corrected chi connectivity index (χ2v) is 7.12. The fraction of sp³-hybridized carbons (Fsp3) is 0.684. The Morgan fingerprint density at radius 2 is 1.76 bits per heavy atom. The van der Waals surface area contributed by atoms with Crippen LogP contribution in [0.4, 0.5) is 0 Å². The number of benzene rings is 1. The summed E-state index contributed by atoms with van der Waals surface area (Å²) < 4.78 is 6.22. The quantitative estimate of drug-likeness (QED) is 0.843. The predicted octanol–water partition coefficient (Wildman–Crippen LogP) is 4.28. The molecule has 116 valence electrons. The van der Waals surface area contributed by atoms with Crippen molar-refractivity contribution < 1.29 is 4.74 Å². The van der Waals surface area contributed by atoms with Gasteiger partial charge in [-0.1, -0.05) is 38.1 Å². The van der Waals surface area contributed by atoms with E-state index in [2.05, 4.69) is 43.4 Å². The summed E-state index contributed by atoms with van der Waals surface area (Å²) in [6.07, 6.45) is 6.92. The lowest BCUT2D eigenvalue weighted by atomic mass is 9.80. The van der Waals surface area contributed by atoms with Crippen molar-refractivity contribution in [3.8, 4) is 0 Å². The van der Waals surface area contributed by atoms with Crippen molar-refractivity contribution in [3.63, 3.8) is 0 Å². The molecule has 2 heteroatoms. The second-order valence-electron chi connectivity index (χ2n) is 7.12. The zero-order valence-corrected chi connectivity index (χ0v) is 13.5. The molecule has 2 nitrogen and oxygen atoms in total. The zero-order chi connectivity index (χ0) is 14.7. The van der Waals surface area contributed by atoms with Crippen LogP contribution in [0.15, 0.2) is 24.3 Å². The monoisotopic (exact) mass is 287 g/mol. The second kappa shape index (κ2) is 6.93. The fourth-order valence-corrected chi connectivity index (χ4v) is 3.27. The minimum Gasteiger partial charge on any atom is -0.374 e. The molecule has 0 bridgehead atoms. The van der Waals surface area contributed by atoms with Crippen LogP contribution in [0.5, 0.6) is 0 Å².